The van der Waals surface area contributed by atoms with Crippen molar-refractivity contribution < 1.29 is 1.43 Å². The van der Waals surface area contributed by atoms with E-state index in [9.17, 15) is 0 Å². The molecule has 0 heterocycles. The van der Waals surface area contributed by atoms with Crippen LogP contribution in [-0.4, -0.2) is 14.3 Å². The normalized spacial score (nSPS) is 11.1. The van der Waals surface area contributed by atoms with Gasteiger partial charge in [0, 0.05) is 0 Å². The molecule has 1 heteroatoms. The Hall–Kier alpha value is 0.543. The van der Waals surface area contributed by atoms with Gasteiger partial charge in [-0.2, -0.15) is 0 Å². The monoisotopic (exact) mass is 247 g/mol. The largest absolute Gasteiger partial charge is 1.00 e. The van der Waals surface area contributed by atoms with E-state index in [1.165, 1.54) is 38.5 Å². The minimum absolute atomic E-state index is 0. The van der Waals surface area contributed by atoms with Gasteiger partial charge in [0.1, 0.15) is 0 Å². The van der Waals surface area contributed by atoms with Crippen LogP contribution in [0.25, 0.3) is 0 Å². The molecular formula is C12H29Ge-. The molecule has 0 radical (unpaired) electrons. The summed E-state index contributed by atoms with van der Waals surface area (Å²) in [5.41, 5.74) is 0. The van der Waals surface area contributed by atoms with Crippen LogP contribution in [0.15, 0.2) is 0 Å². The molecule has 0 aromatic heterocycles. The van der Waals surface area contributed by atoms with Crippen LogP contribution in [0.4, 0.5) is 0 Å². The predicted molar refractivity (Wildman–Crippen MR) is 67.4 cm³/mol. The minimum Gasteiger partial charge on any atom is -1.00 e. The van der Waals surface area contributed by atoms with Gasteiger partial charge in [0.05, 0.1) is 0 Å². The second-order valence-corrected chi connectivity index (χ2v) is 11.6. The second kappa shape index (κ2) is 10.6. The fourth-order valence-corrected chi connectivity index (χ4v) is 9.93. The molecule has 0 aromatic rings. The first-order valence-corrected chi connectivity index (χ1v) is 11.5. The first kappa shape index (κ1) is 13.5. The topological polar surface area (TPSA) is 0 Å². The van der Waals surface area contributed by atoms with Crippen LogP contribution < -0.4 is 0 Å². The first-order chi connectivity index (χ1) is 6.35. The van der Waals surface area contributed by atoms with E-state index in [-0.39, 0.29) is 1.43 Å². The fourth-order valence-electron chi connectivity index (χ4n) is 1.91. The first-order valence-electron chi connectivity index (χ1n) is 6.35. The van der Waals surface area contributed by atoms with Gasteiger partial charge in [-0.25, -0.2) is 0 Å². The van der Waals surface area contributed by atoms with Crippen LogP contribution in [-0.2, 0) is 0 Å². The van der Waals surface area contributed by atoms with Crippen molar-refractivity contribution in [2.75, 3.05) is 0 Å². The second-order valence-electron chi connectivity index (χ2n) is 4.29. The maximum atomic E-state index is 2.33. The Bertz CT molecular complexity index is 77.3. The molecule has 13 heavy (non-hydrogen) atoms. The smallest absolute Gasteiger partial charge is 1.00 e. The molecule has 0 amide bonds. The Labute approximate surface area is 91.1 Å². The van der Waals surface area contributed by atoms with Gasteiger partial charge in [-0.3, -0.25) is 0 Å². The fraction of sp³-hybridized carbons (Fsp3) is 1.00. The Kier molecular flexibility index (Phi) is 11.1. The molecule has 0 spiro atoms. The molecule has 0 aliphatic heterocycles. The maximum Gasteiger partial charge on any atom is -1.00 e. The molecule has 0 aromatic carbocycles. The van der Waals surface area contributed by atoms with Crippen molar-refractivity contribution in [3.8, 4) is 0 Å². The molecule has 0 atom stereocenters. The number of unbranched alkanes of at least 4 members (excludes halogenated alkanes) is 3. The Balaban J connectivity index is 0. The molecule has 0 aliphatic carbocycles. The van der Waals surface area contributed by atoms with Crippen LogP contribution >= 0.6 is 0 Å². The van der Waals surface area contributed by atoms with Crippen molar-refractivity contribution in [2.24, 2.45) is 0 Å². The summed E-state index contributed by atoms with van der Waals surface area (Å²) in [5.74, 6) is 0. The summed E-state index contributed by atoms with van der Waals surface area (Å²) in [5, 5.41) is 5.01. The van der Waals surface area contributed by atoms with Crippen molar-refractivity contribution in [3.63, 3.8) is 0 Å². The average molecular weight is 246 g/mol. The zero-order valence-electron chi connectivity index (χ0n) is 10.9. The molecular weight excluding hydrogens is 217 g/mol. The summed E-state index contributed by atoms with van der Waals surface area (Å²) in [4.78, 5) is 0. The maximum absolute atomic E-state index is 2.33. The molecule has 0 bridgehead atoms. The Morgan fingerprint density at radius 3 is 1.23 bits per heavy atom. The van der Waals surface area contributed by atoms with E-state index in [1.807, 2.05) is 0 Å². The van der Waals surface area contributed by atoms with Gasteiger partial charge in [-0.15, -0.1) is 0 Å². The van der Waals surface area contributed by atoms with Crippen LogP contribution in [0.1, 0.15) is 60.7 Å². The van der Waals surface area contributed by atoms with Gasteiger partial charge < -0.3 is 1.43 Å². The van der Waals surface area contributed by atoms with E-state index in [2.05, 4.69) is 20.8 Å². The van der Waals surface area contributed by atoms with Crippen LogP contribution in [0, 0.1) is 0 Å². The third-order valence-electron chi connectivity index (χ3n) is 2.90. The van der Waals surface area contributed by atoms with Gasteiger partial charge in [-0.05, 0) is 0 Å². The van der Waals surface area contributed by atoms with Crippen LogP contribution in [0.5, 0.6) is 0 Å². The van der Waals surface area contributed by atoms with Crippen molar-refractivity contribution in [1.82, 2.24) is 0 Å². The zero-order valence-corrected chi connectivity index (χ0v) is 12.4. The summed E-state index contributed by atoms with van der Waals surface area (Å²) >= 11 is -0.752. The minimum atomic E-state index is -0.752. The Morgan fingerprint density at radius 1 is 0.692 bits per heavy atom. The van der Waals surface area contributed by atoms with E-state index in [0.29, 0.717) is 0 Å². The quantitative estimate of drug-likeness (QED) is 0.516. The van der Waals surface area contributed by atoms with E-state index in [0.717, 1.165) is 0 Å². The van der Waals surface area contributed by atoms with Crippen molar-refractivity contribution >= 4 is 14.3 Å². The van der Waals surface area contributed by atoms with E-state index in [1.54, 1.807) is 15.8 Å². The van der Waals surface area contributed by atoms with Gasteiger partial charge in [0.15, 0.2) is 0 Å². The summed E-state index contributed by atoms with van der Waals surface area (Å²) < 4.78 is 0. The van der Waals surface area contributed by atoms with E-state index >= 15 is 0 Å². The standard InChI is InChI=1S/C12H28Ge.H/c1-4-7-10-13(11-8-5-2)12-9-6-3;/h13H,4-12H2,1-3H3;/q;-1. The molecule has 0 unspecified atom stereocenters. The summed E-state index contributed by atoms with van der Waals surface area (Å²) in [7, 11) is 0. The number of hydrogen-bond donors (Lipinski definition) is 0. The third kappa shape index (κ3) is 8.86. The molecule has 0 fully saturated rings. The summed E-state index contributed by atoms with van der Waals surface area (Å²) in [6.07, 6.45) is 8.83. The molecule has 82 valence electrons. The SMILES string of the molecule is CCC[CH2][GeH]([CH2]CCC)[CH2]CCC.[H-]. The molecule has 0 saturated carbocycles. The van der Waals surface area contributed by atoms with Gasteiger partial charge in [-0.1, -0.05) is 0 Å². The summed E-state index contributed by atoms with van der Waals surface area (Å²) in [6, 6.07) is 0. The van der Waals surface area contributed by atoms with Gasteiger partial charge >= 0.3 is 89.4 Å². The van der Waals surface area contributed by atoms with E-state index in [4.69, 9.17) is 0 Å². The number of rotatable bonds is 9. The molecule has 0 aliphatic rings. The van der Waals surface area contributed by atoms with Gasteiger partial charge in [0.2, 0.25) is 0 Å². The Morgan fingerprint density at radius 2 is 1.00 bits per heavy atom. The number of hydrogen-bond acceptors (Lipinski definition) is 0. The molecule has 0 rings (SSSR count). The predicted octanol–water partition coefficient (Wildman–Crippen LogP) is 4.73. The molecule has 0 saturated heterocycles. The third-order valence-corrected chi connectivity index (χ3v) is 10.6. The van der Waals surface area contributed by atoms with Crippen LogP contribution in [0.2, 0.25) is 15.8 Å². The van der Waals surface area contributed by atoms with Crippen LogP contribution in [0.3, 0.4) is 0 Å². The molecule has 0 N–H and O–H groups in total. The van der Waals surface area contributed by atoms with Crippen molar-refractivity contribution in [3.05, 3.63) is 0 Å². The van der Waals surface area contributed by atoms with Crippen molar-refractivity contribution in [2.45, 2.75) is 75.1 Å². The molecule has 0 nitrogen and oxygen atoms in total. The van der Waals surface area contributed by atoms with Crippen molar-refractivity contribution in [1.29, 1.82) is 0 Å². The zero-order chi connectivity index (χ0) is 9.94. The average Bonchev–Trinajstić information content (AvgIpc) is 2.17. The summed E-state index contributed by atoms with van der Waals surface area (Å²) in [6.45, 7) is 7.00. The van der Waals surface area contributed by atoms with Gasteiger partial charge in [0.25, 0.3) is 0 Å². The van der Waals surface area contributed by atoms with E-state index < -0.39 is 14.3 Å².